The minimum atomic E-state index is 0.143. The van der Waals surface area contributed by atoms with Gasteiger partial charge in [-0.05, 0) is 45.6 Å². The molecule has 2 heterocycles. The summed E-state index contributed by atoms with van der Waals surface area (Å²) in [6.45, 7) is 10.2. The first-order valence-corrected chi connectivity index (χ1v) is 6.88. The minimum absolute atomic E-state index is 0.143. The van der Waals surface area contributed by atoms with Crippen molar-refractivity contribution in [3.63, 3.8) is 0 Å². The van der Waals surface area contributed by atoms with Crippen molar-refractivity contribution in [3.05, 3.63) is 18.0 Å². The molecule has 0 spiro atoms. The SMILES string of the molecule is CC(C)(C)NCc1ccn(CC2CCOCC2)n1. The Hall–Kier alpha value is -0.870. The van der Waals surface area contributed by atoms with Crippen molar-refractivity contribution in [1.29, 1.82) is 0 Å². The third-order valence-electron chi connectivity index (χ3n) is 3.28. The standard InChI is InChI=1S/C14H25N3O/c1-14(2,3)15-10-13-4-7-17(16-13)11-12-5-8-18-9-6-12/h4,7,12,15H,5-6,8-11H2,1-3H3. The zero-order valence-corrected chi connectivity index (χ0v) is 11.8. The number of aromatic nitrogens is 2. The lowest BCUT2D eigenvalue weighted by atomic mass is 10.0. The predicted octanol–water partition coefficient (Wildman–Crippen LogP) is 2.20. The first-order valence-electron chi connectivity index (χ1n) is 6.88. The van der Waals surface area contributed by atoms with E-state index >= 15 is 0 Å². The topological polar surface area (TPSA) is 39.1 Å². The molecule has 1 aliphatic rings. The van der Waals surface area contributed by atoms with Crippen LogP contribution >= 0.6 is 0 Å². The van der Waals surface area contributed by atoms with Crippen LogP contribution in [0, 0.1) is 5.92 Å². The fourth-order valence-corrected chi connectivity index (χ4v) is 2.15. The van der Waals surface area contributed by atoms with E-state index in [-0.39, 0.29) is 5.54 Å². The van der Waals surface area contributed by atoms with Gasteiger partial charge in [-0.1, -0.05) is 0 Å². The second-order valence-corrected chi connectivity index (χ2v) is 6.19. The maximum atomic E-state index is 5.38. The average Bonchev–Trinajstić information content (AvgIpc) is 2.75. The molecule has 0 aliphatic carbocycles. The van der Waals surface area contributed by atoms with Crippen LogP contribution < -0.4 is 5.32 Å². The molecule has 0 radical (unpaired) electrons. The average molecular weight is 251 g/mol. The van der Waals surface area contributed by atoms with E-state index in [1.165, 1.54) is 0 Å². The summed E-state index contributed by atoms with van der Waals surface area (Å²) in [5.74, 6) is 0.724. The van der Waals surface area contributed by atoms with Gasteiger partial charge in [-0.3, -0.25) is 4.68 Å². The van der Waals surface area contributed by atoms with Gasteiger partial charge in [0.2, 0.25) is 0 Å². The lowest BCUT2D eigenvalue weighted by molar-refractivity contribution is 0.0601. The first-order chi connectivity index (χ1) is 8.53. The van der Waals surface area contributed by atoms with Crippen LogP contribution in [0.4, 0.5) is 0 Å². The largest absolute Gasteiger partial charge is 0.381 e. The van der Waals surface area contributed by atoms with Crippen molar-refractivity contribution < 1.29 is 4.74 Å². The Morgan fingerprint density at radius 1 is 1.39 bits per heavy atom. The van der Waals surface area contributed by atoms with E-state index in [1.807, 2.05) is 0 Å². The van der Waals surface area contributed by atoms with Gasteiger partial charge in [-0.25, -0.2) is 0 Å². The number of rotatable bonds is 4. The van der Waals surface area contributed by atoms with Gasteiger partial charge in [-0.15, -0.1) is 0 Å². The Kier molecular flexibility index (Phi) is 4.40. The van der Waals surface area contributed by atoms with Crippen molar-refractivity contribution >= 4 is 0 Å². The molecular formula is C14H25N3O. The molecule has 2 rings (SSSR count). The highest BCUT2D eigenvalue weighted by molar-refractivity contribution is 4.99. The van der Waals surface area contributed by atoms with Crippen molar-refractivity contribution in [3.8, 4) is 0 Å². The van der Waals surface area contributed by atoms with Crippen LogP contribution in [-0.4, -0.2) is 28.5 Å². The van der Waals surface area contributed by atoms with Gasteiger partial charge in [0, 0.05) is 38.0 Å². The quantitative estimate of drug-likeness (QED) is 0.891. The zero-order chi connectivity index (χ0) is 13.0. The van der Waals surface area contributed by atoms with Crippen LogP contribution in [0.5, 0.6) is 0 Å². The Balaban J connectivity index is 1.82. The monoisotopic (exact) mass is 251 g/mol. The molecule has 1 saturated heterocycles. The van der Waals surface area contributed by atoms with Crippen LogP contribution in [0.1, 0.15) is 39.3 Å². The van der Waals surface area contributed by atoms with E-state index < -0.39 is 0 Å². The lowest BCUT2D eigenvalue weighted by Gasteiger charge is -2.21. The number of hydrogen-bond acceptors (Lipinski definition) is 3. The van der Waals surface area contributed by atoms with Crippen LogP contribution in [-0.2, 0) is 17.8 Å². The van der Waals surface area contributed by atoms with Gasteiger partial charge in [0.15, 0.2) is 0 Å². The van der Waals surface area contributed by atoms with Crippen LogP contribution in [0.2, 0.25) is 0 Å². The summed E-state index contributed by atoms with van der Waals surface area (Å²) in [6, 6.07) is 2.11. The van der Waals surface area contributed by atoms with Crippen molar-refractivity contribution in [2.45, 2.75) is 52.2 Å². The van der Waals surface area contributed by atoms with E-state index in [1.54, 1.807) is 0 Å². The third-order valence-corrected chi connectivity index (χ3v) is 3.28. The molecule has 0 amide bonds. The summed E-state index contributed by atoms with van der Waals surface area (Å²) in [6.07, 6.45) is 4.42. The number of nitrogens with zero attached hydrogens (tertiary/aromatic N) is 2. The number of hydrogen-bond donors (Lipinski definition) is 1. The Labute approximate surface area is 110 Å². The highest BCUT2D eigenvalue weighted by Crippen LogP contribution is 2.16. The predicted molar refractivity (Wildman–Crippen MR) is 72.4 cm³/mol. The number of ether oxygens (including phenoxy) is 1. The van der Waals surface area contributed by atoms with Gasteiger partial charge in [0.25, 0.3) is 0 Å². The van der Waals surface area contributed by atoms with Gasteiger partial charge in [0.05, 0.1) is 5.69 Å². The van der Waals surface area contributed by atoms with Crippen molar-refractivity contribution in [2.24, 2.45) is 5.92 Å². The number of nitrogens with one attached hydrogen (secondary N) is 1. The second kappa shape index (κ2) is 5.85. The highest BCUT2D eigenvalue weighted by Gasteiger charge is 2.15. The summed E-state index contributed by atoms with van der Waals surface area (Å²) in [4.78, 5) is 0. The van der Waals surface area contributed by atoms with Crippen LogP contribution in [0.3, 0.4) is 0 Å². The molecular weight excluding hydrogens is 226 g/mol. The van der Waals surface area contributed by atoms with E-state index in [4.69, 9.17) is 4.74 Å². The molecule has 102 valence electrons. The second-order valence-electron chi connectivity index (χ2n) is 6.19. The molecule has 1 aliphatic heterocycles. The van der Waals surface area contributed by atoms with Crippen molar-refractivity contribution in [2.75, 3.05) is 13.2 Å². The van der Waals surface area contributed by atoms with Gasteiger partial charge < -0.3 is 10.1 Å². The maximum absolute atomic E-state index is 5.38. The van der Waals surface area contributed by atoms with E-state index in [0.29, 0.717) is 0 Å². The van der Waals surface area contributed by atoms with Gasteiger partial charge in [0.1, 0.15) is 0 Å². The summed E-state index contributed by atoms with van der Waals surface area (Å²) in [5, 5.41) is 8.08. The summed E-state index contributed by atoms with van der Waals surface area (Å²) >= 11 is 0. The molecule has 18 heavy (non-hydrogen) atoms. The summed E-state index contributed by atoms with van der Waals surface area (Å²) < 4.78 is 7.46. The first kappa shape index (κ1) is 13.6. The van der Waals surface area contributed by atoms with Crippen LogP contribution in [0.25, 0.3) is 0 Å². The van der Waals surface area contributed by atoms with Crippen molar-refractivity contribution in [1.82, 2.24) is 15.1 Å². The normalized spacial score (nSPS) is 18.2. The molecule has 1 N–H and O–H groups in total. The lowest BCUT2D eigenvalue weighted by Crippen LogP contribution is -2.35. The van der Waals surface area contributed by atoms with E-state index in [0.717, 1.165) is 50.8 Å². The van der Waals surface area contributed by atoms with Gasteiger partial charge >= 0.3 is 0 Å². The third kappa shape index (κ3) is 4.42. The Morgan fingerprint density at radius 2 is 2.11 bits per heavy atom. The molecule has 0 saturated carbocycles. The summed E-state index contributed by atoms with van der Waals surface area (Å²) in [5.41, 5.74) is 1.27. The zero-order valence-electron chi connectivity index (χ0n) is 11.8. The minimum Gasteiger partial charge on any atom is -0.381 e. The Bertz CT molecular complexity index is 361. The van der Waals surface area contributed by atoms with Crippen LogP contribution in [0.15, 0.2) is 12.3 Å². The molecule has 0 unspecified atom stereocenters. The molecule has 0 atom stereocenters. The fourth-order valence-electron chi connectivity index (χ4n) is 2.15. The highest BCUT2D eigenvalue weighted by atomic mass is 16.5. The molecule has 4 nitrogen and oxygen atoms in total. The molecule has 1 fully saturated rings. The van der Waals surface area contributed by atoms with E-state index in [9.17, 15) is 0 Å². The van der Waals surface area contributed by atoms with E-state index in [2.05, 4.69) is 48.1 Å². The maximum Gasteiger partial charge on any atom is 0.0762 e. The molecule has 4 heteroatoms. The Morgan fingerprint density at radius 3 is 2.78 bits per heavy atom. The smallest absolute Gasteiger partial charge is 0.0762 e. The molecule has 1 aromatic rings. The molecule has 0 aromatic carbocycles. The van der Waals surface area contributed by atoms with Gasteiger partial charge in [-0.2, -0.15) is 5.10 Å². The summed E-state index contributed by atoms with van der Waals surface area (Å²) in [7, 11) is 0. The molecule has 1 aromatic heterocycles. The fraction of sp³-hybridized carbons (Fsp3) is 0.786. The molecule has 0 bridgehead atoms.